The lowest BCUT2D eigenvalue weighted by molar-refractivity contribution is -0.0134. The summed E-state index contributed by atoms with van der Waals surface area (Å²) in [6.07, 6.45) is 2.93. The van der Waals surface area contributed by atoms with Gasteiger partial charge in [0.2, 0.25) is 6.79 Å². The Hall–Kier alpha value is -3.31. The van der Waals surface area contributed by atoms with E-state index in [9.17, 15) is 4.79 Å². The zero-order chi connectivity index (χ0) is 22.2. The molecule has 5 heteroatoms. The van der Waals surface area contributed by atoms with E-state index >= 15 is 0 Å². The van der Waals surface area contributed by atoms with Crippen molar-refractivity contribution in [3.8, 4) is 11.5 Å². The molecule has 0 spiro atoms. The summed E-state index contributed by atoms with van der Waals surface area (Å²) >= 11 is 0. The number of amides is 1. The van der Waals surface area contributed by atoms with Gasteiger partial charge in [-0.2, -0.15) is 0 Å². The van der Waals surface area contributed by atoms with Crippen molar-refractivity contribution in [2.45, 2.75) is 50.5 Å². The predicted octanol–water partition coefficient (Wildman–Crippen LogP) is 5.29. The first-order valence-electron chi connectivity index (χ1n) is 11.7. The second-order valence-electron chi connectivity index (χ2n) is 9.12. The molecule has 3 atom stereocenters. The Labute approximate surface area is 193 Å². The standard InChI is InChI=1S/C28H27NO4/c30-28-24-15-27-26(32-18-33-27)14-22(24)23-13-21(31-17-20-9-5-2-6-10-20)11-12-25(23)29(28)16-19-7-3-1-4-8-19/h1-10,14-15,21,23,25H,11-13,16-18H2/t21-,23+,25-/m1/s1. The summed E-state index contributed by atoms with van der Waals surface area (Å²) in [5.41, 5.74) is 4.15. The smallest absolute Gasteiger partial charge is 0.254 e. The van der Waals surface area contributed by atoms with E-state index in [0.717, 1.165) is 41.7 Å². The van der Waals surface area contributed by atoms with Crippen LogP contribution in [0.25, 0.3) is 0 Å². The number of carbonyl (C=O) groups is 1. The molecule has 0 unspecified atom stereocenters. The highest BCUT2D eigenvalue weighted by Crippen LogP contribution is 2.47. The molecule has 2 aliphatic heterocycles. The first-order valence-corrected chi connectivity index (χ1v) is 11.7. The van der Waals surface area contributed by atoms with Gasteiger partial charge in [0.05, 0.1) is 12.7 Å². The van der Waals surface area contributed by atoms with E-state index in [1.54, 1.807) is 0 Å². The number of ether oxygens (including phenoxy) is 3. The average molecular weight is 442 g/mol. The SMILES string of the molecule is O=C1c2cc3c(cc2[C@@H]2C[C@H](OCc4ccccc4)CC[C@H]2N1Cc1ccccc1)OCO3. The summed E-state index contributed by atoms with van der Waals surface area (Å²) in [5, 5.41) is 0. The van der Waals surface area contributed by atoms with Gasteiger partial charge >= 0.3 is 0 Å². The molecule has 1 amide bonds. The molecule has 0 N–H and O–H groups in total. The molecule has 1 fully saturated rings. The zero-order valence-corrected chi connectivity index (χ0v) is 18.5. The van der Waals surface area contributed by atoms with Gasteiger partial charge in [0, 0.05) is 24.1 Å². The van der Waals surface area contributed by atoms with Crippen LogP contribution in [0.4, 0.5) is 0 Å². The fourth-order valence-corrected chi connectivity index (χ4v) is 5.49. The molecule has 0 bridgehead atoms. The lowest BCUT2D eigenvalue weighted by atomic mass is 9.73. The minimum Gasteiger partial charge on any atom is -0.454 e. The molecular weight excluding hydrogens is 414 g/mol. The normalized spacial score (nSPS) is 23.2. The van der Waals surface area contributed by atoms with E-state index in [1.165, 1.54) is 5.56 Å². The molecule has 0 radical (unpaired) electrons. The second-order valence-corrected chi connectivity index (χ2v) is 9.12. The fraction of sp³-hybridized carbons (Fsp3) is 0.321. The fourth-order valence-electron chi connectivity index (χ4n) is 5.49. The van der Waals surface area contributed by atoms with Crippen LogP contribution in [0, 0.1) is 0 Å². The number of hydrogen-bond acceptors (Lipinski definition) is 4. The molecule has 0 aromatic heterocycles. The maximum Gasteiger partial charge on any atom is 0.254 e. The highest BCUT2D eigenvalue weighted by molar-refractivity contribution is 5.98. The topological polar surface area (TPSA) is 48.0 Å². The van der Waals surface area contributed by atoms with Crippen molar-refractivity contribution in [2.75, 3.05) is 6.79 Å². The molecule has 0 saturated heterocycles. The number of fused-ring (bicyclic) bond motifs is 4. The highest BCUT2D eigenvalue weighted by Gasteiger charge is 2.44. The molecule has 6 rings (SSSR count). The van der Waals surface area contributed by atoms with Gasteiger partial charge in [-0.3, -0.25) is 4.79 Å². The van der Waals surface area contributed by atoms with Crippen molar-refractivity contribution in [3.05, 3.63) is 95.1 Å². The monoisotopic (exact) mass is 441 g/mol. The van der Waals surface area contributed by atoms with Crippen LogP contribution < -0.4 is 9.47 Å². The minimum atomic E-state index is 0.0806. The van der Waals surface area contributed by atoms with Crippen LogP contribution in [0.3, 0.4) is 0 Å². The van der Waals surface area contributed by atoms with Crippen LogP contribution in [0.15, 0.2) is 72.8 Å². The van der Waals surface area contributed by atoms with E-state index in [0.29, 0.717) is 18.9 Å². The molecule has 3 aromatic carbocycles. The van der Waals surface area contributed by atoms with Crippen LogP contribution in [-0.4, -0.2) is 29.7 Å². The van der Waals surface area contributed by atoms with Gasteiger partial charge in [-0.15, -0.1) is 0 Å². The quantitative estimate of drug-likeness (QED) is 0.540. The Morgan fingerprint density at radius 1 is 0.879 bits per heavy atom. The summed E-state index contributed by atoms with van der Waals surface area (Å²) in [6, 6.07) is 24.6. The molecule has 1 aliphatic carbocycles. The van der Waals surface area contributed by atoms with Crippen molar-refractivity contribution in [3.63, 3.8) is 0 Å². The number of rotatable bonds is 5. The van der Waals surface area contributed by atoms with Gasteiger partial charge < -0.3 is 19.1 Å². The summed E-state index contributed by atoms with van der Waals surface area (Å²) in [5.74, 6) is 1.69. The highest BCUT2D eigenvalue weighted by atomic mass is 16.7. The Morgan fingerprint density at radius 3 is 2.33 bits per heavy atom. The van der Waals surface area contributed by atoms with E-state index < -0.39 is 0 Å². The molecule has 3 aliphatic rings. The lowest BCUT2D eigenvalue weighted by Crippen LogP contribution is -2.50. The Bertz CT molecular complexity index is 1150. The Kier molecular flexibility index (Phi) is 5.27. The first-order chi connectivity index (χ1) is 16.3. The van der Waals surface area contributed by atoms with Crippen LogP contribution >= 0.6 is 0 Å². The number of hydrogen-bond donors (Lipinski definition) is 0. The molecule has 3 aromatic rings. The van der Waals surface area contributed by atoms with Gasteiger partial charge in [-0.05, 0) is 48.1 Å². The van der Waals surface area contributed by atoms with Crippen LogP contribution in [0.2, 0.25) is 0 Å². The predicted molar refractivity (Wildman–Crippen MR) is 124 cm³/mol. The maximum absolute atomic E-state index is 13.7. The molecule has 2 heterocycles. The minimum absolute atomic E-state index is 0.0806. The van der Waals surface area contributed by atoms with Gasteiger partial charge in [0.15, 0.2) is 11.5 Å². The van der Waals surface area contributed by atoms with Crippen LogP contribution in [0.1, 0.15) is 52.2 Å². The van der Waals surface area contributed by atoms with Gasteiger partial charge in [-0.1, -0.05) is 60.7 Å². The van der Waals surface area contributed by atoms with Crippen LogP contribution in [0.5, 0.6) is 11.5 Å². The number of nitrogens with zero attached hydrogens (tertiary/aromatic N) is 1. The maximum atomic E-state index is 13.7. The summed E-state index contributed by atoms with van der Waals surface area (Å²) in [6.45, 7) is 1.44. The van der Waals surface area contributed by atoms with Gasteiger partial charge in [0.25, 0.3) is 5.91 Å². The van der Waals surface area contributed by atoms with Gasteiger partial charge in [-0.25, -0.2) is 0 Å². The van der Waals surface area contributed by atoms with Crippen molar-refractivity contribution < 1.29 is 19.0 Å². The molecule has 33 heavy (non-hydrogen) atoms. The van der Waals surface area contributed by atoms with Crippen molar-refractivity contribution in [2.24, 2.45) is 0 Å². The van der Waals surface area contributed by atoms with E-state index in [-0.39, 0.29) is 30.8 Å². The first kappa shape index (κ1) is 20.3. The van der Waals surface area contributed by atoms with Crippen molar-refractivity contribution in [1.82, 2.24) is 4.90 Å². The molecular formula is C28H27NO4. The van der Waals surface area contributed by atoms with E-state index in [1.807, 2.05) is 48.5 Å². The van der Waals surface area contributed by atoms with Gasteiger partial charge in [0.1, 0.15) is 0 Å². The van der Waals surface area contributed by atoms with E-state index in [4.69, 9.17) is 14.2 Å². The van der Waals surface area contributed by atoms with Crippen molar-refractivity contribution in [1.29, 1.82) is 0 Å². The molecule has 1 saturated carbocycles. The third kappa shape index (κ3) is 3.87. The largest absolute Gasteiger partial charge is 0.454 e. The third-order valence-electron chi connectivity index (χ3n) is 7.13. The number of benzene rings is 3. The summed E-state index contributed by atoms with van der Waals surface area (Å²) in [7, 11) is 0. The van der Waals surface area contributed by atoms with Crippen LogP contribution in [-0.2, 0) is 17.9 Å². The Morgan fingerprint density at radius 2 is 1.58 bits per heavy atom. The average Bonchev–Trinajstić information content (AvgIpc) is 3.33. The lowest BCUT2D eigenvalue weighted by Gasteiger charge is -2.46. The second kappa shape index (κ2) is 8.56. The van der Waals surface area contributed by atoms with Crippen molar-refractivity contribution >= 4 is 5.91 Å². The summed E-state index contributed by atoms with van der Waals surface area (Å²) in [4.78, 5) is 15.7. The Balaban J connectivity index is 1.30. The summed E-state index contributed by atoms with van der Waals surface area (Å²) < 4.78 is 17.6. The van der Waals surface area contributed by atoms with E-state index in [2.05, 4.69) is 29.2 Å². The third-order valence-corrected chi connectivity index (χ3v) is 7.13. The number of carbonyl (C=O) groups excluding carboxylic acids is 1. The molecule has 168 valence electrons. The molecule has 5 nitrogen and oxygen atoms in total. The zero-order valence-electron chi connectivity index (χ0n) is 18.5.